The molecule has 1 aliphatic heterocycles. The quantitative estimate of drug-likeness (QED) is 0.854. The summed E-state index contributed by atoms with van der Waals surface area (Å²) >= 11 is 0. The van der Waals surface area contributed by atoms with Gasteiger partial charge >= 0.3 is 0 Å². The van der Waals surface area contributed by atoms with E-state index in [0.717, 1.165) is 38.0 Å². The number of likely N-dealkylation sites (tertiary alicyclic amines) is 1. The van der Waals surface area contributed by atoms with Crippen molar-refractivity contribution in [1.82, 2.24) is 30.4 Å². The number of carbonyl (C=O) groups is 1. The summed E-state index contributed by atoms with van der Waals surface area (Å²) in [5.74, 6) is 1.29. The molecule has 2 aromatic rings. The summed E-state index contributed by atoms with van der Waals surface area (Å²) in [6.07, 6.45) is 2.81. The Bertz CT molecular complexity index is 684. The first-order valence-corrected chi connectivity index (χ1v) is 8.91. The van der Waals surface area contributed by atoms with Crippen molar-refractivity contribution in [2.45, 2.75) is 32.2 Å². The van der Waals surface area contributed by atoms with E-state index < -0.39 is 6.04 Å². The molecule has 1 amide bonds. The molecule has 0 bridgehead atoms. The van der Waals surface area contributed by atoms with Crippen LogP contribution in [0.25, 0.3) is 0 Å². The highest BCUT2D eigenvalue weighted by Crippen LogP contribution is 2.22. The van der Waals surface area contributed by atoms with Crippen LogP contribution in [-0.4, -0.2) is 57.7 Å². The number of piperidine rings is 1. The standard InChI is InChI=1S/C18H26N6O/c1-14-20-21-22-24(14)17(11-15-7-4-3-5-8-15)18(25)23-10-6-9-16(13-23)12-19-2/h3-5,7-8,16-17,19H,6,9-13H2,1-2H3. The monoisotopic (exact) mass is 342 g/mol. The molecule has 1 aromatic heterocycles. The Balaban J connectivity index is 1.81. The van der Waals surface area contributed by atoms with E-state index in [2.05, 4.69) is 20.8 Å². The number of hydrogen-bond acceptors (Lipinski definition) is 5. The molecule has 0 saturated carbocycles. The van der Waals surface area contributed by atoms with Crippen molar-refractivity contribution in [3.8, 4) is 0 Å². The number of nitrogens with one attached hydrogen (secondary N) is 1. The lowest BCUT2D eigenvalue weighted by Gasteiger charge is -2.35. The number of tetrazole rings is 1. The third-order valence-electron chi connectivity index (χ3n) is 4.83. The van der Waals surface area contributed by atoms with E-state index in [1.54, 1.807) is 4.68 Å². The van der Waals surface area contributed by atoms with Gasteiger partial charge in [0.15, 0.2) is 0 Å². The number of rotatable bonds is 6. The maximum atomic E-state index is 13.3. The normalized spacial score (nSPS) is 19.0. The second-order valence-corrected chi connectivity index (χ2v) is 6.73. The molecule has 1 fully saturated rings. The van der Waals surface area contributed by atoms with E-state index in [1.165, 1.54) is 0 Å². The predicted octanol–water partition coefficient (Wildman–Crippen LogP) is 1.22. The van der Waals surface area contributed by atoms with Crippen LogP contribution in [0.2, 0.25) is 0 Å². The number of aromatic nitrogens is 4. The zero-order chi connectivity index (χ0) is 17.6. The van der Waals surface area contributed by atoms with Crippen molar-refractivity contribution in [1.29, 1.82) is 0 Å². The summed E-state index contributed by atoms with van der Waals surface area (Å²) in [6.45, 7) is 4.39. The number of benzene rings is 1. The van der Waals surface area contributed by atoms with E-state index in [-0.39, 0.29) is 5.91 Å². The molecule has 1 saturated heterocycles. The number of aryl methyl sites for hydroxylation is 1. The first kappa shape index (κ1) is 17.5. The summed E-state index contributed by atoms with van der Waals surface area (Å²) in [7, 11) is 1.96. The highest BCUT2D eigenvalue weighted by molar-refractivity contribution is 5.81. The Morgan fingerprint density at radius 3 is 2.84 bits per heavy atom. The van der Waals surface area contributed by atoms with Gasteiger partial charge in [0.2, 0.25) is 5.91 Å². The van der Waals surface area contributed by atoms with Crippen molar-refractivity contribution < 1.29 is 4.79 Å². The Labute approximate surface area is 148 Å². The van der Waals surface area contributed by atoms with Gasteiger partial charge in [-0.15, -0.1) is 5.10 Å². The Kier molecular flexibility index (Phi) is 5.75. The molecule has 0 spiro atoms. The molecule has 2 heterocycles. The van der Waals surface area contributed by atoms with Gasteiger partial charge in [0.1, 0.15) is 11.9 Å². The van der Waals surface area contributed by atoms with E-state index in [1.807, 2.05) is 49.2 Å². The van der Waals surface area contributed by atoms with E-state index in [0.29, 0.717) is 18.2 Å². The number of amides is 1. The largest absolute Gasteiger partial charge is 0.341 e. The van der Waals surface area contributed by atoms with E-state index in [4.69, 9.17) is 0 Å². The third-order valence-corrected chi connectivity index (χ3v) is 4.83. The van der Waals surface area contributed by atoms with Crippen molar-refractivity contribution >= 4 is 5.91 Å². The molecule has 1 aromatic carbocycles. The Morgan fingerprint density at radius 1 is 1.36 bits per heavy atom. The van der Waals surface area contributed by atoms with Crippen LogP contribution in [0.15, 0.2) is 30.3 Å². The third kappa shape index (κ3) is 4.22. The molecule has 2 unspecified atom stereocenters. The molecule has 7 nitrogen and oxygen atoms in total. The van der Waals surface area contributed by atoms with E-state index >= 15 is 0 Å². The molecule has 7 heteroatoms. The first-order valence-electron chi connectivity index (χ1n) is 8.91. The highest BCUT2D eigenvalue weighted by atomic mass is 16.2. The topological polar surface area (TPSA) is 75.9 Å². The van der Waals surface area contributed by atoms with Gasteiger partial charge in [-0.25, -0.2) is 4.68 Å². The number of carbonyl (C=O) groups excluding carboxylic acids is 1. The summed E-state index contributed by atoms with van der Waals surface area (Å²) < 4.78 is 1.66. The van der Waals surface area contributed by atoms with Crippen LogP contribution < -0.4 is 5.32 Å². The van der Waals surface area contributed by atoms with Gasteiger partial charge in [-0.2, -0.15) is 0 Å². The second-order valence-electron chi connectivity index (χ2n) is 6.73. The first-order chi connectivity index (χ1) is 12.2. The minimum Gasteiger partial charge on any atom is -0.341 e. The average molecular weight is 342 g/mol. The van der Waals surface area contributed by atoms with Gasteiger partial charge in [0, 0.05) is 19.5 Å². The zero-order valence-corrected chi connectivity index (χ0v) is 14.9. The molecular weight excluding hydrogens is 316 g/mol. The molecule has 3 rings (SSSR count). The molecule has 1 aliphatic rings. The summed E-state index contributed by atoms with van der Waals surface area (Å²) in [5, 5.41) is 15.0. The fourth-order valence-electron chi connectivity index (χ4n) is 3.57. The van der Waals surface area contributed by atoms with Crippen molar-refractivity contribution in [3.63, 3.8) is 0 Å². The maximum Gasteiger partial charge on any atom is 0.247 e. The predicted molar refractivity (Wildman–Crippen MR) is 95.0 cm³/mol. The highest BCUT2D eigenvalue weighted by Gasteiger charge is 2.31. The van der Waals surface area contributed by atoms with Crippen LogP contribution >= 0.6 is 0 Å². The molecular formula is C18H26N6O. The van der Waals surface area contributed by atoms with E-state index in [9.17, 15) is 4.79 Å². The summed E-state index contributed by atoms with van der Waals surface area (Å²) in [6, 6.07) is 9.65. The van der Waals surface area contributed by atoms with Gasteiger partial charge in [0.05, 0.1) is 0 Å². The average Bonchev–Trinajstić information content (AvgIpc) is 3.06. The molecule has 0 radical (unpaired) electrons. The molecule has 0 aliphatic carbocycles. The van der Waals surface area contributed by atoms with Gasteiger partial charge in [-0.1, -0.05) is 30.3 Å². The molecule has 2 atom stereocenters. The minimum atomic E-state index is -0.397. The fourth-order valence-corrected chi connectivity index (χ4v) is 3.57. The summed E-state index contributed by atoms with van der Waals surface area (Å²) in [4.78, 5) is 15.3. The minimum absolute atomic E-state index is 0.111. The smallest absolute Gasteiger partial charge is 0.247 e. The lowest BCUT2D eigenvalue weighted by molar-refractivity contribution is -0.137. The number of nitrogens with zero attached hydrogens (tertiary/aromatic N) is 5. The molecule has 134 valence electrons. The van der Waals surface area contributed by atoms with Crippen LogP contribution in [0.5, 0.6) is 0 Å². The van der Waals surface area contributed by atoms with Crippen LogP contribution in [0.1, 0.15) is 30.3 Å². The lowest BCUT2D eigenvalue weighted by atomic mass is 9.96. The van der Waals surface area contributed by atoms with Crippen LogP contribution in [-0.2, 0) is 11.2 Å². The van der Waals surface area contributed by atoms with Crippen molar-refractivity contribution in [2.24, 2.45) is 5.92 Å². The van der Waals surface area contributed by atoms with Crippen LogP contribution in [0.4, 0.5) is 0 Å². The van der Waals surface area contributed by atoms with Crippen LogP contribution in [0.3, 0.4) is 0 Å². The zero-order valence-electron chi connectivity index (χ0n) is 14.9. The van der Waals surface area contributed by atoms with Crippen LogP contribution in [0, 0.1) is 12.8 Å². The Morgan fingerprint density at radius 2 is 2.16 bits per heavy atom. The molecule has 25 heavy (non-hydrogen) atoms. The SMILES string of the molecule is CNCC1CCCN(C(=O)C(Cc2ccccc2)n2nnnc2C)C1. The van der Waals surface area contributed by atoms with Crippen molar-refractivity contribution in [3.05, 3.63) is 41.7 Å². The summed E-state index contributed by atoms with van der Waals surface area (Å²) in [5.41, 5.74) is 1.11. The molecule has 1 N–H and O–H groups in total. The number of hydrogen-bond donors (Lipinski definition) is 1. The Hall–Kier alpha value is -2.28. The fraction of sp³-hybridized carbons (Fsp3) is 0.556. The second kappa shape index (κ2) is 8.20. The van der Waals surface area contributed by atoms with Gasteiger partial charge in [-0.3, -0.25) is 4.79 Å². The van der Waals surface area contributed by atoms with Gasteiger partial charge in [0.25, 0.3) is 0 Å². The van der Waals surface area contributed by atoms with Gasteiger partial charge in [-0.05, 0) is 55.3 Å². The lowest BCUT2D eigenvalue weighted by Crippen LogP contribution is -2.46. The maximum absolute atomic E-state index is 13.3. The van der Waals surface area contributed by atoms with Gasteiger partial charge < -0.3 is 10.2 Å². The van der Waals surface area contributed by atoms with Crippen molar-refractivity contribution in [2.75, 3.05) is 26.7 Å².